The largest absolute Gasteiger partial charge is 0.478 e. The predicted octanol–water partition coefficient (Wildman–Crippen LogP) is 2.03. The van der Waals surface area contributed by atoms with Gasteiger partial charge in [0.05, 0.1) is 22.0 Å². The van der Waals surface area contributed by atoms with E-state index in [2.05, 4.69) is 21.8 Å². The van der Waals surface area contributed by atoms with Gasteiger partial charge >= 0.3 is 5.97 Å². The second-order valence-electron chi connectivity index (χ2n) is 4.92. The van der Waals surface area contributed by atoms with Crippen LogP contribution in [0.25, 0.3) is 10.9 Å². The van der Waals surface area contributed by atoms with Gasteiger partial charge in [0, 0.05) is 5.56 Å². The van der Waals surface area contributed by atoms with Gasteiger partial charge in [-0.25, -0.2) is 14.2 Å². The standard InChI is InChI=1S/C17H11FN4O2/c18-14-10(4-1-9-2-5-11(6-3-9)16(23)24)7-8-12-13(14)15(19)22-17(20)21-12/h2-3,5-8H,(H,23,24)(H4,19,20,21,22). The van der Waals surface area contributed by atoms with E-state index >= 15 is 0 Å². The minimum Gasteiger partial charge on any atom is -0.478 e. The average Bonchev–Trinajstić information content (AvgIpc) is 2.54. The maximum absolute atomic E-state index is 14.6. The molecule has 0 aliphatic rings. The third kappa shape index (κ3) is 2.80. The van der Waals surface area contributed by atoms with Crippen molar-refractivity contribution in [1.82, 2.24) is 9.97 Å². The van der Waals surface area contributed by atoms with Crippen LogP contribution in [0.5, 0.6) is 0 Å². The molecule has 1 heterocycles. The van der Waals surface area contributed by atoms with Crippen molar-refractivity contribution < 1.29 is 14.3 Å². The molecule has 0 spiro atoms. The number of nitrogens with zero attached hydrogens (tertiary/aromatic N) is 2. The van der Waals surface area contributed by atoms with Crippen LogP contribution in [-0.2, 0) is 0 Å². The van der Waals surface area contributed by atoms with Gasteiger partial charge < -0.3 is 16.6 Å². The Labute approximate surface area is 136 Å². The summed E-state index contributed by atoms with van der Waals surface area (Å²) >= 11 is 0. The summed E-state index contributed by atoms with van der Waals surface area (Å²) in [5.41, 5.74) is 12.3. The summed E-state index contributed by atoms with van der Waals surface area (Å²) in [5, 5.41) is 8.91. The highest BCUT2D eigenvalue weighted by Crippen LogP contribution is 2.24. The molecular formula is C17H11FN4O2. The maximum Gasteiger partial charge on any atom is 0.335 e. The molecule has 7 heteroatoms. The second-order valence-corrected chi connectivity index (χ2v) is 4.92. The molecule has 0 amide bonds. The summed E-state index contributed by atoms with van der Waals surface area (Å²) in [6, 6.07) is 8.99. The number of nitrogens with two attached hydrogens (primary N) is 2. The minimum absolute atomic E-state index is 0.0308. The van der Waals surface area contributed by atoms with Crippen molar-refractivity contribution in [1.29, 1.82) is 0 Å². The topological polar surface area (TPSA) is 115 Å². The highest BCUT2D eigenvalue weighted by molar-refractivity contribution is 5.90. The molecule has 0 fully saturated rings. The Kier molecular flexibility index (Phi) is 3.72. The number of anilines is 2. The van der Waals surface area contributed by atoms with Gasteiger partial charge in [-0.15, -0.1) is 0 Å². The van der Waals surface area contributed by atoms with Crippen molar-refractivity contribution in [2.45, 2.75) is 0 Å². The zero-order chi connectivity index (χ0) is 17.3. The van der Waals surface area contributed by atoms with Gasteiger partial charge in [0.25, 0.3) is 0 Å². The van der Waals surface area contributed by atoms with E-state index in [0.29, 0.717) is 11.1 Å². The molecule has 0 radical (unpaired) electrons. The van der Waals surface area contributed by atoms with Crippen LogP contribution < -0.4 is 11.5 Å². The number of fused-ring (bicyclic) bond motifs is 1. The summed E-state index contributed by atoms with van der Waals surface area (Å²) in [6.45, 7) is 0. The van der Waals surface area contributed by atoms with Gasteiger partial charge in [-0.3, -0.25) is 0 Å². The van der Waals surface area contributed by atoms with E-state index in [0.717, 1.165) is 0 Å². The van der Waals surface area contributed by atoms with E-state index in [1.165, 1.54) is 18.2 Å². The number of rotatable bonds is 1. The van der Waals surface area contributed by atoms with Crippen molar-refractivity contribution in [3.05, 3.63) is 58.9 Å². The smallest absolute Gasteiger partial charge is 0.335 e. The fraction of sp³-hybridized carbons (Fsp3) is 0. The molecule has 0 atom stereocenters. The number of aromatic carboxylic acids is 1. The molecule has 2 aromatic carbocycles. The maximum atomic E-state index is 14.6. The molecule has 0 aliphatic heterocycles. The van der Waals surface area contributed by atoms with E-state index < -0.39 is 11.8 Å². The first-order valence-corrected chi connectivity index (χ1v) is 6.82. The summed E-state index contributed by atoms with van der Waals surface area (Å²) < 4.78 is 14.6. The van der Waals surface area contributed by atoms with E-state index in [9.17, 15) is 9.18 Å². The van der Waals surface area contributed by atoms with E-state index in [1.807, 2.05) is 0 Å². The monoisotopic (exact) mass is 322 g/mol. The van der Waals surface area contributed by atoms with Crippen molar-refractivity contribution in [2.24, 2.45) is 0 Å². The molecule has 3 aromatic rings. The Balaban J connectivity index is 2.02. The lowest BCUT2D eigenvalue weighted by Gasteiger charge is -2.04. The second kappa shape index (κ2) is 5.85. The first-order chi connectivity index (χ1) is 11.5. The van der Waals surface area contributed by atoms with Crippen LogP contribution >= 0.6 is 0 Å². The van der Waals surface area contributed by atoms with Crippen molar-refractivity contribution in [2.75, 3.05) is 11.5 Å². The summed E-state index contributed by atoms with van der Waals surface area (Å²) in [6.07, 6.45) is 0. The molecule has 118 valence electrons. The summed E-state index contributed by atoms with van der Waals surface area (Å²) in [7, 11) is 0. The Bertz CT molecular complexity index is 1020. The van der Waals surface area contributed by atoms with Crippen LogP contribution in [0.3, 0.4) is 0 Å². The normalized spacial score (nSPS) is 10.2. The Morgan fingerprint density at radius 1 is 1.04 bits per heavy atom. The first-order valence-electron chi connectivity index (χ1n) is 6.82. The van der Waals surface area contributed by atoms with E-state index in [4.69, 9.17) is 16.6 Å². The molecule has 0 saturated heterocycles. The van der Waals surface area contributed by atoms with Crippen LogP contribution in [0, 0.1) is 17.7 Å². The Morgan fingerprint density at radius 2 is 1.75 bits per heavy atom. The van der Waals surface area contributed by atoms with Gasteiger partial charge in [-0.2, -0.15) is 4.98 Å². The zero-order valence-electron chi connectivity index (χ0n) is 12.2. The van der Waals surface area contributed by atoms with Gasteiger partial charge in [0.15, 0.2) is 5.82 Å². The number of hydrogen-bond acceptors (Lipinski definition) is 5. The SMILES string of the molecule is Nc1nc(N)c2c(F)c(C#Cc3ccc(C(=O)O)cc3)ccc2n1. The Morgan fingerprint density at radius 3 is 2.42 bits per heavy atom. The molecule has 5 N–H and O–H groups in total. The lowest BCUT2D eigenvalue weighted by atomic mass is 10.1. The first kappa shape index (κ1) is 15.2. The number of aromatic nitrogens is 2. The predicted molar refractivity (Wildman–Crippen MR) is 87.7 cm³/mol. The molecule has 0 saturated carbocycles. The zero-order valence-corrected chi connectivity index (χ0v) is 12.2. The molecular weight excluding hydrogens is 311 g/mol. The van der Waals surface area contributed by atoms with Crippen molar-refractivity contribution >= 4 is 28.6 Å². The van der Waals surface area contributed by atoms with Crippen LogP contribution in [0.2, 0.25) is 0 Å². The number of halogens is 1. The number of hydrogen-bond donors (Lipinski definition) is 3. The average molecular weight is 322 g/mol. The number of carboxylic acids is 1. The quantitative estimate of drug-likeness (QED) is 0.590. The molecule has 24 heavy (non-hydrogen) atoms. The summed E-state index contributed by atoms with van der Waals surface area (Å²) in [5.74, 6) is 3.74. The molecule has 0 bridgehead atoms. The van der Waals surface area contributed by atoms with Crippen LogP contribution in [0.1, 0.15) is 21.5 Å². The number of carbonyl (C=O) groups is 1. The van der Waals surface area contributed by atoms with Crippen molar-refractivity contribution in [3.8, 4) is 11.8 Å². The van der Waals surface area contributed by atoms with E-state index in [1.54, 1.807) is 18.2 Å². The fourth-order valence-electron chi connectivity index (χ4n) is 2.16. The van der Waals surface area contributed by atoms with Crippen LogP contribution in [0.15, 0.2) is 36.4 Å². The molecule has 6 nitrogen and oxygen atoms in total. The van der Waals surface area contributed by atoms with Gasteiger partial charge in [0.1, 0.15) is 5.82 Å². The van der Waals surface area contributed by atoms with Crippen LogP contribution in [-0.4, -0.2) is 21.0 Å². The number of carboxylic acid groups (broad SMARTS) is 1. The third-order valence-corrected chi connectivity index (χ3v) is 3.32. The van der Waals surface area contributed by atoms with Gasteiger partial charge in [0.2, 0.25) is 5.95 Å². The highest BCUT2D eigenvalue weighted by atomic mass is 19.1. The van der Waals surface area contributed by atoms with Gasteiger partial charge in [-0.05, 0) is 36.4 Å². The highest BCUT2D eigenvalue weighted by Gasteiger charge is 2.12. The van der Waals surface area contributed by atoms with Gasteiger partial charge in [-0.1, -0.05) is 11.8 Å². The number of benzene rings is 2. The van der Waals surface area contributed by atoms with E-state index in [-0.39, 0.29) is 28.3 Å². The van der Waals surface area contributed by atoms with Crippen molar-refractivity contribution in [3.63, 3.8) is 0 Å². The lowest BCUT2D eigenvalue weighted by molar-refractivity contribution is 0.0697. The fourth-order valence-corrected chi connectivity index (χ4v) is 2.16. The lowest BCUT2D eigenvalue weighted by Crippen LogP contribution is -2.02. The minimum atomic E-state index is -1.02. The summed E-state index contributed by atoms with van der Waals surface area (Å²) in [4.78, 5) is 18.5. The molecule has 3 rings (SSSR count). The number of nitrogen functional groups attached to an aromatic ring is 2. The third-order valence-electron chi connectivity index (χ3n) is 3.32. The van der Waals surface area contributed by atoms with Crippen LogP contribution in [0.4, 0.5) is 16.2 Å². The molecule has 0 aliphatic carbocycles. The Hall–Kier alpha value is -3.66. The molecule has 0 unspecified atom stereocenters. The molecule has 1 aromatic heterocycles.